The van der Waals surface area contributed by atoms with Crippen LogP contribution >= 0.6 is 0 Å². The first-order valence-corrected chi connectivity index (χ1v) is 7.93. The van der Waals surface area contributed by atoms with E-state index in [0.29, 0.717) is 18.2 Å². The molecule has 114 valence electrons. The Kier molecular flexibility index (Phi) is 4.00. The molecule has 1 aromatic rings. The van der Waals surface area contributed by atoms with Gasteiger partial charge in [0.05, 0.1) is 0 Å². The van der Waals surface area contributed by atoms with Gasteiger partial charge < -0.3 is 10.8 Å². The largest absolute Gasteiger partial charge is 0.480 e. The number of nitrogens with zero attached hydrogens (tertiary/aromatic N) is 1. The van der Waals surface area contributed by atoms with E-state index >= 15 is 0 Å². The number of aliphatic carboxylic acids is 1. The van der Waals surface area contributed by atoms with E-state index in [0.717, 1.165) is 12.5 Å². The Hall–Kier alpha value is -1.39. The first-order valence-electron chi connectivity index (χ1n) is 7.93. The second kappa shape index (κ2) is 5.78. The predicted octanol–water partition coefficient (Wildman–Crippen LogP) is 2.19. The molecule has 3 atom stereocenters. The molecular formula is C17H24N2O2. The summed E-state index contributed by atoms with van der Waals surface area (Å²) in [4.78, 5) is 14.1. The van der Waals surface area contributed by atoms with Crippen LogP contribution in [0.15, 0.2) is 30.3 Å². The lowest BCUT2D eigenvalue weighted by Crippen LogP contribution is -2.55. The molecule has 2 aliphatic rings. The predicted molar refractivity (Wildman–Crippen MR) is 81.9 cm³/mol. The van der Waals surface area contributed by atoms with Crippen LogP contribution in [-0.4, -0.2) is 35.1 Å². The number of carbonyl (C=O) groups is 1. The van der Waals surface area contributed by atoms with E-state index < -0.39 is 11.5 Å². The Morgan fingerprint density at radius 1 is 1.24 bits per heavy atom. The lowest BCUT2D eigenvalue weighted by atomic mass is 9.84. The highest BCUT2D eigenvalue weighted by Crippen LogP contribution is 2.37. The molecule has 3 rings (SSSR count). The van der Waals surface area contributed by atoms with Crippen molar-refractivity contribution in [3.05, 3.63) is 35.9 Å². The lowest BCUT2D eigenvalue weighted by molar-refractivity contribution is -0.144. The van der Waals surface area contributed by atoms with E-state index in [2.05, 4.69) is 4.90 Å². The number of carboxylic acids is 1. The molecule has 1 aliphatic carbocycles. The Morgan fingerprint density at radius 2 is 1.95 bits per heavy atom. The van der Waals surface area contributed by atoms with Crippen molar-refractivity contribution >= 4 is 5.97 Å². The van der Waals surface area contributed by atoms with E-state index in [1.165, 1.54) is 32.1 Å². The van der Waals surface area contributed by atoms with E-state index in [-0.39, 0.29) is 0 Å². The maximum Gasteiger partial charge on any atom is 0.329 e. The van der Waals surface area contributed by atoms with Gasteiger partial charge in [-0.15, -0.1) is 0 Å². The second-order valence-corrected chi connectivity index (χ2v) is 6.51. The summed E-state index contributed by atoms with van der Waals surface area (Å²) in [6, 6.07) is 9.77. The van der Waals surface area contributed by atoms with Crippen molar-refractivity contribution in [1.29, 1.82) is 0 Å². The highest BCUT2D eigenvalue weighted by molar-refractivity contribution is 5.80. The summed E-state index contributed by atoms with van der Waals surface area (Å²) in [5, 5.41) is 9.69. The van der Waals surface area contributed by atoms with Crippen molar-refractivity contribution in [2.75, 3.05) is 13.1 Å². The van der Waals surface area contributed by atoms with Gasteiger partial charge in [-0.2, -0.15) is 0 Å². The summed E-state index contributed by atoms with van der Waals surface area (Å²) < 4.78 is 0. The Bertz CT molecular complexity index is 505. The van der Waals surface area contributed by atoms with Crippen LogP contribution in [0.1, 0.15) is 37.7 Å². The minimum Gasteiger partial charge on any atom is -0.480 e. The fourth-order valence-corrected chi connectivity index (χ4v) is 4.04. The van der Waals surface area contributed by atoms with E-state index in [9.17, 15) is 9.90 Å². The number of hydrogen-bond donors (Lipinski definition) is 2. The first-order chi connectivity index (χ1) is 10.1. The third-order valence-electron chi connectivity index (χ3n) is 5.25. The van der Waals surface area contributed by atoms with Crippen molar-refractivity contribution in [1.82, 2.24) is 4.90 Å². The summed E-state index contributed by atoms with van der Waals surface area (Å²) in [5.41, 5.74) is 5.70. The number of fused-ring (bicyclic) bond motifs is 1. The molecule has 3 N–H and O–H groups in total. The van der Waals surface area contributed by atoms with Crippen LogP contribution in [0, 0.1) is 5.92 Å². The third-order valence-corrected chi connectivity index (χ3v) is 5.25. The molecule has 1 heterocycles. The van der Waals surface area contributed by atoms with Crippen molar-refractivity contribution in [3.8, 4) is 0 Å². The third kappa shape index (κ3) is 2.70. The summed E-state index contributed by atoms with van der Waals surface area (Å²) in [7, 11) is 0. The van der Waals surface area contributed by atoms with Crippen LogP contribution in [0.4, 0.5) is 0 Å². The molecule has 1 saturated carbocycles. The van der Waals surface area contributed by atoms with Gasteiger partial charge in [0.25, 0.3) is 0 Å². The normalized spacial score (nSPS) is 28.8. The van der Waals surface area contributed by atoms with Crippen LogP contribution in [-0.2, 0) is 10.3 Å². The van der Waals surface area contributed by atoms with Crippen molar-refractivity contribution < 1.29 is 9.90 Å². The monoisotopic (exact) mass is 288 g/mol. The van der Waals surface area contributed by atoms with Gasteiger partial charge in [0.15, 0.2) is 5.54 Å². The lowest BCUT2D eigenvalue weighted by Gasteiger charge is -2.36. The van der Waals surface area contributed by atoms with Crippen LogP contribution in [0.3, 0.4) is 0 Å². The highest BCUT2D eigenvalue weighted by Gasteiger charge is 2.43. The molecule has 1 aromatic carbocycles. The smallest absolute Gasteiger partial charge is 0.329 e. The zero-order chi connectivity index (χ0) is 14.9. The van der Waals surface area contributed by atoms with Crippen molar-refractivity contribution in [2.24, 2.45) is 11.7 Å². The summed E-state index contributed by atoms with van der Waals surface area (Å²) >= 11 is 0. The van der Waals surface area contributed by atoms with Crippen molar-refractivity contribution in [2.45, 2.75) is 43.7 Å². The average Bonchev–Trinajstić information content (AvgIpc) is 2.91. The van der Waals surface area contributed by atoms with Crippen LogP contribution in [0.2, 0.25) is 0 Å². The van der Waals surface area contributed by atoms with Gasteiger partial charge in [0.2, 0.25) is 0 Å². The molecule has 1 aliphatic heterocycles. The van der Waals surface area contributed by atoms with Crippen LogP contribution in [0.5, 0.6) is 0 Å². The van der Waals surface area contributed by atoms with Gasteiger partial charge >= 0.3 is 5.97 Å². The number of hydrogen-bond acceptors (Lipinski definition) is 3. The summed E-state index contributed by atoms with van der Waals surface area (Å²) in [5.74, 6) is -0.194. The van der Waals surface area contributed by atoms with E-state index in [4.69, 9.17) is 5.73 Å². The Morgan fingerprint density at radius 3 is 2.67 bits per heavy atom. The standard InChI is InChI=1S/C17H24N2O2/c18-17(16(20)21,14-7-2-1-3-8-14)12-19-11-10-13-6-4-5-9-15(13)19/h1-3,7-8,13,15H,4-6,9-12,18H2,(H,20,21). The summed E-state index contributed by atoms with van der Waals surface area (Å²) in [6.45, 7) is 1.39. The number of nitrogens with two attached hydrogens (primary N) is 1. The molecule has 0 amide bonds. The SMILES string of the molecule is NC(CN1CCC2CCCCC21)(C(=O)O)c1ccccc1. The van der Waals surface area contributed by atoms with E-state index in [1.807, 2.05) is 30.3 Å². The minimum atomic E-state index is -1.31. The van der Waals surface area contributed by atoms with Gasteiger partial charge in [-0.05, 0) is 37.3 Å². The topological polar surface area (TPSA) is 66.6 Å². The molecule has 1 saturated heterocycles. The molecular weight excluding hydrogens is 264 g/mol. The van der Waals surface area contributed by atoms with Gasteiger partial charge in [-0.1, -0.05) is 43.2 Å². The molecule has 0 bridgehead atoms. The number of carboxylic acid groups (broad SMARTS) is 1. The fourth-order valence-electron chi connectivity index (χ4n) is 4.04. The highest BCUT2D eigenvalue weighted by atomic mass is 16.4. The van der Waals surface area contributed by atoms with E-state index in [1.54, 1.807) is 0 Å². The molecule has 0 aromatic heterocycles. The fraction of sp³-hybridized carbons (Fsp3) is 0.588. The maximum atomic E-state index is 11.8. The molecule has 2 fully saturated rings. The van der Waals surface area contributed by atoms with Gasteiger partial charge in [0, 0.05) is 12.6 Å². The molecule has 0 spiro atoms. The van der Waals surface area contributed by atoms with Crippen LogP contribution < -0.4 is 5.73 Å². The maximum absolute atomic E-state index is 11.8. The first kappa shape index (κ1) is 14.5. The minimum absolute atomic E-state index is 0.410. The number of likely N-dealkylation sites (tertiary alicyclic amines) is 1. The molecule has 0 radical (unpaired) electrons. The van der Waals surface area contributed by atoms with Gasteiger partial charge in [0.1, 0.15) is 0 Å². The molecule has 21 heavy (non-hydrogen) atoms. The van der Waals surface area contributed by atoms with Gasteiger partial charge in [-0.3, -0.25) is 4.90 Å². The quantitative estimate of drug-likeness (QED) is 0.891. The number of benzene rings is 1. The summed E-state index contributed by atoms with van der Waals surface area (Å²) in [6.07, 6.45) is 6.25. The average molecular weight is 288 g/mol. The molecule has 4 nitrogen and oxygen atoms in total. The Balaban J connectivity index is 1.81. The van der Waals surface area contributed by atoms with Crippen molar-refractivity contribution in [3.63, 3.8) is 0 Å². The number of rotatable bonds is 4. The van der Waals surface area contributed by atoms with Crippen LogP contribution in [0.25, 0.3) is 0 Å². The Labute approximate surface area is 125 Å². The zero-order valence-electron chi connectivity index (χ0n) is 12.4. The van der Waals surface area contributed by atoms with Gasteiger partial charge in [-0.25, -0.2) is 4.79 Å². The zero-order valence-corrected chi connectivity index (χ0v) is 12.4. The second-order valence-electron chi connectivity index (χ2n) is 6.51. The molecule has 4 heteroatoms. The molecule has 3 unspecified atom stereocenters.